The molecule has 6 nitrogen and oxygen atoms in total. The predicted molar refractivity (Wildman–Crippen MR) is 104 cm³/mol. The predicted octanol–water partition coefficient (Wildman–Crippen LogP) is 2.53. The zero-order valence-electron chi connectivity index (χ0n) is 16.1. The van der Waals surface area contributed by atoms with Gasteiger partial charge in [-0.1, -0.05) is 26.0 Å². The Morgan fingerprint density at radius 1 is 1.19 bits per heavy atom. The highest BCUT2D eigenvalue weighted by molar-refractivity contribution is 5.83. The number of hydrogen-bond donors (Lipinski definition) is 0. The van der Waals surface area contributed by atoms with Crippen molar-refractivity contribution in [1.29, 1.82) is 0 Å². The molecule has 2 aromatic rings. The fourth-order valence-corrected chi connectivity index (χ4v) is 3.42. The van der Waals surface area contributed by atoms with Crippen LogP contribution in [0.25, 0.3) is 0 Å². The van der Waals surface area contributed by atoms with E-state index in [0.29, 0.717) is 32.2 Å². The standard InChI is InChI=1S/C21H28N4O2/c1-17(2)15-25(16-19-7-3-4-9-23-19)21(26)20(18-6-5-8-22-14-18)24-10-12-27-13-11-24/h3-9,14,17,20H,10-13,15-16H2,1-2H3. The highest BCUT2D eigenvalue weighted by Crippen LogP contribution is 2.25. The van der Waals surface area contributed by atoms with Gasteiger partial charge in [0.2, 0.25) is 5.91 Å². The van der Waals surface area contributed by atoms with E-state index >= 15 is 0 Å². The summed E-state index contributed by atoms with van der Waals surface area (Å²) in [5.74, 6) is 0.473. The van der Waals surface area contributed by atoms with Gasteiger partial charge in [-0.3, -0.25) is 19.7 Å². The van der Waals surface area contributed by atoms with Crippen molar-refractivity contribution in [2.24, 2.45) is 5.92 Å². The first-order valence-electron chi connectivity index (χ1n) is 9.55. The van der Waals surface area contributed by atoms with Gasteiger partial charge in [0.15, 0.2) is 0 Å². The summed E-state index contributed by atoms with van der Waals surface area (Å²) >= 11 is 0. The topological polar surface area (TPSA) is 58.6 Å². The number of nitrogens with zero attached hydrogens (tertiary/aromatic N) is 4. The van der Waals surface area contributed by atoms with Crippen LogP contribution in [-0.2, 0) is 16.1 Å². The number of amides is 1. The molecule has 1 fully saturated rings. The molecule has 0 saturated carbocycles. The largest absolute Gasteiger partial charge is 0.379 e. The van der Waals surface area contributed by atoms with Crippen LogP contribution in [0.5, 0.6) is 0 Å². The van der Waals surface area contributed by atoms with Crippen LogP contribution in [-0.4, -0.2) is 58.5 Å². The zero-order valence-corrected chi connectivity index (χ0v) is 16.1. The monoisotopic (exact) mass is 368 g/mol. The number of pyridine rings is 2. The van der Waals surface area contributed by atoms with Gasteiger partial charge in [0.1, 0.15) is 6.04 Å². The highest BCUT2D eigenvalue weighted by Gasteiger charge is 2.33. The summed E-state index contributed by atoms with van der Waals surface area (Å²) < 4.78 is 5.49. The number of ether oxygens (including phenoxy) is 1. The van der Waals surface area contributed by atoms with Gasteiger partial charge in [-0.25, -0.2) is 0 Å². The highest BCUT2D eigenvalue weighted by atomic mass is 16.5. The summed E-state index contributed by atoms with van der Waals surface area (Å²) in [6.45, 7) is 8.24. The second-order valence-electron chi connectivity index (χ2n) is 7.27. The lowest BCUT2D eigenvalue weighted by molar-refractivity contribution is -0.140. The molecule has 1 unspecified atom stereocenters. The van der Waals surface area contributed by atoms with Crippen LogP contribution in [0.2, 0.25) is 0 Å². The molecule has 3 rings (SSSR count). The van der Waals surface area contributed by atoms with E-state index in [1.807, 2.05) is 35.2 Å². The number of aromatic nitrogens is 2. The van der Waals surface area contributed by atoms with Crippen molar-refractivity contribution in [3.05, 3.63) is 60.2 Å². The number of hydrogen-bond acceptors (Lipinski definition) is 5. The van der Waals surface area contributed by atoms with Crippen LogP contribution < -0.4 is 0 Å². The third kappa shape index (κ3) is 5.34. The lowest BCUT2D eigenvalue weighted by Crippen LogP contribution is -2.47. The molecule has 0 aliphatic carbocycles. The smallest absolute Gasteiger partial charge is 0.244 e. The van der Waals surface area contributed by atoms with Crippen molar-refractivity contribution >= 4 is 5.91 Å². The van der Waals surface area contributed by atoms with Crippen molar-refractivity contribution in [1.82, 2.24) is 19.8 Å². The van der Waals surface area contributed by atoms with Crippen LogP contribution in [0.15, 0.2) is 48.9 Å². The molecule has 1 amide bonds. The van der Waals surface area contributed by atoms with E-state index in [2.05, 4.69) is 28.7 Å². The van der Waals surface area contributed by atoms with Crippen LogP contribution in [0.4, 0.5) is 0 Å². The molecule has 144 valence electrons. The number of rotatable bonds is 7. The van der Waals surface area contributed by atoms with E-state index < -0.39 is 0 Å². The first-order valence-corrected chi connectivity index (χ1v) is 9.55. The van der Waals surface area contributed by atoms with Gasteiger partial charge in [-0.15, -0.1) is 0 Å². The molecule has 1 aliphatic heterocycles. The fourth-order valence-electron chi connectivity index (χ4n) is 3.42. The maximum Gasteiger partial charge on any atom is 0.244 e. The number of carbonyl (C=O) groups excluding carboxylic acids is 1. The van der Waals surface area contributed by atoms with Crippen molar-refractivity contribution in [2.45, 2.75) is 26.4 Å². The van der Waals surface area contributed by atoms with E-state index in [0.717, 1.165) is 24.3 Å². The molecule has 1 saturated heterocycles. The van der Waals surface area contributed by atoms with E-state index in [4.69, 9.17) is 4.74 Å². The maximum absolute atomic E-state index is 13.7. The number of carbonyl (C=O) groups is 1. The SMILES string of the molecule is CC(C)CN(Cc1ccccn1)C(=O)C(c1cccnc1)N1CCOCC1. The van der Waals surface area contributed by atoms with Gasteiger partial charge in [-0.05, 0) is 29.7 Å². The average molecular weight is 368 g/mol. The van der Waals surface area contributed by atoms with Gasteiger partial charge in [0, 0.05) is 38.2 Å². The summed E-state index contributed by atoms with van der Waals surface area (Å²) in [5, 5.41) is 0. The van der Waals surface area contributed by atoms with E-state index in [-0.39, 0.29) is 11.9 Å². The van der Waals surface area contributed by atoms with Crippen LogP contribution in [0.3, 0.4) is 0 Å². The summed E-state index contributed by atoms with van der Waals surface area (Å²) in [6.07, 6.45) is 5.31. The second-order valence-corrected chi connectivity index (χ2v) is 7.27. The van der Waals surface area contributed by atoms with Gasteiger partial charge in [0.05, 0.1) is 25.5 Å². The molecular formula is C21H28N4O2. The van der Waals surface area contributed by atoms with E-state index in [1.54, 1.807) is 18.6 Å². The quantitative estimate of drug-likeness (QED) is 0.752. The Bertz CT molecular complexity index is 703. The molecule has 1 atom stereocenters. The lowest BCUT2D eigenvalue weighted by Gasteiger charge is -2.37. The van der Waals surface area contributed by atoms with Gasteiger partial charge in [0.25, 0.3) is 0 Å². The Kier molecular flexibility index (Phi) is 6.90. The maximum atomic E-state index is 13.7. The first-order chi connectivity index (χ1) is 13.1. The van der Waals surface area contributed by atoms with Crippen molar-refractivity contribution in [2.75, 3.05) is 32.8 Å². The van der Waals surface area contributed by atoms with Crippen molar-refractivity contribution in [3.63, 3.8) is 0 Å². The second kappa shape index (κ2) is 9.58. The van der Waals surface area contributed by atoms with Gasteiger partial charge < -0.3 is 9.64 Å². The number of morpholine rings is 1. The van der Waals surface area contributed by atoms with E-state index in [1.165, 1.54) is 0 Å². The fraction of sp³-hybridized carbons (Fsp3) is 0.476. The van der Waals surface area contributed by atoms with E-state index in [9.17, 15) is 4.79 Å². The Hall–Kier alpha value is -2.31. The van der Waals surface area contributed by atoms with Crippen molar-refractivity contribution in [3.8, 4) is 0 Å². The Morgan fingerprint density at radius 3 is 2.63 bits per heavy atom. The molecule has 0 N–H and O–H groups in total. The van der Waals surface area contributed by atoms with Crippen molar-refractivity contribution < 1.29 is 9.53 Å². The Balaban J connectivity index is 1.88. The third-order valence-electron chi connectivity index (χ3n) is 4.62. The van der Waals surface area contributed by atoms with Gasteiger partial charge >= 0.3 is 0 Å². The molecule has 2 aromatic heterocycles. The van der Waals surface area contributed by atoms with Gasteiger partial charge in [-0.2, -0.15) is 0 Å². The average Bonchev–Trinajstić information content (AvgIpc) is 2.70. The Morgan fingerprint density at radius 2 is 2.00 bits per heavy atom. The molecule has 6 heteroatoms. The first kappa shape index (κ1) is 19.5. The Labute approximate surface area is 161 Å². The molecule has 0 bridgehead atoms. The molecule has 0 aromatic carbocycles. The minimum absolute atomic E-state index is 0.101. The lowest BCUT2D eigenvalue weighted by atomic mass is 10.0. The normalized spacial score (nSPS) is 16.3. The molecule has 0 radical (unpaired) electrons. The minimum Gasteiger partial charge on any atom is -0.379 e. The van der Waals surface area contributed by atoms with Crippen LogP contribution in [0.1, 0.15) is 31.1 Å². The minimum atomic E-state index is -0.343. The molecule has 27 heavy (non-hydrogen) atoms. The summed E-state index contributed by atoms with van der Waals surface area (Å²) in [5.41, 5.74) is 1.83. The summed E-state index contributed by atoms with van der Waals surface area (Å²) in [7, 11) is 0. The summed E-state index contributed by atoms with van der Waals surface area (Å²) in [4.78, 5) is 26.5. The molecular weight excluding hydrogens is 340 g/mol. The van der Waals surface area contributed by atoms with Crippen LogP contribution in [0, 0.1) is 5.92 Å². The third-order valence-corrected chi connectivity index (χ3v) is 4.62. The van der Waals surface area contributed by atoms with Crippen LogP contribution >= 0.6 is 0 Å². The molecule has 1 aliphatic rings. The summed E-state index contributed by atoms with van der Waals surface area (Å²) in [6, 6.07) is 9.35. The molecule has 3 heterocycles. The zero-order chi connectivity index (χ0) is 19.1. The molecule has 0 spiro atoms.